The maximum Gasteiger partial charge on any atom is 0.220 e. The average molecular weight is 303 g/mol. The first-order valence-corrected chi connectivity index (χ1v) is 7.63. The van der Waals surface area contributed by atoms with E-state index >= 15 is 0 Å². The molecule has 0 fully saturated rings. The number of aliphatic hydroxyl groups excluding tert-OH is 1. The molecule has 0 aliphatic heterocycles. The first-order chi connectivity index (χ1) is 9.47. The van der Waals surface area contributed by atoms with Gasteiger partial charge in [0.1, 0.15) is 0 Å². The van der Waals surface area contributed by atoms with Gasteiger partial charge in [0.25, 0.3) is 0 Å². The minimum absolute atomic E-state index is 0.00815. The van der Waals surface area contributed by atoms with Crippen LogP contribution >= 0.6 is 11.8 Å². The summed E-state index contributed by atoms with van der Waals surface area (Å²) in [6, 6.07) is 3.48. The second-order valence-corrected chi connectivity index (χ2v) is 5.64. The summed E-state index contributed by atoms with van der Waals surface area (Å²) in [5.41, 5.74) is 0.579. The van der Waals surface area contributed by atoms with Gasteiger partial charge in [-0.3, -0.25) is 4.79 Å². The summed E-state index contributed by atoms with van der Waals surface area (Å²) in [6.45, 7) is 1.82. The Bertz CT molecular complexity index is 453. The predicted octanol–water partition coefficient (Wildman–Crippen LogP) is 2.13. The van der Waals surface area contributed by atoms with Crippen LogP contribution in [0.1, 0.15) is 18.9 Å². The van der Waals surface area contributed by atoms with E-state index in [2.05, 4.69) is 5.32 Å². The van der Waals surface area contributed by atoms with Crippen molar-refractivity contribution in [3.05, 3.63) is 35.4 Å². The average Bonchev–Trinajstić information content (AvgIpc) is 2.41. The molecule has 0 aliphatic carbocycles. The summed E-state index contributed by atoms with van der Waals surface area (Å²) in [4.78, 5) is 11.7. The fourth-order valence-electron chi connectivity index (χ4n) is 1.81. The Labute approximate surface area is 121 Å². The molecule has 20 heavy (non-hydrogen) atoms. The second kappa shape index (κ2) is 8.21. The number of rotatable bonds is 7. The van der Waals surface area contributed by atoms with Crippen molar-refractivity contribution in [3.63, 3.8) is 0 Å². The number of carbonyl (C=O) groups excluding carboxylic acids is 1. The first kappa shape index (κ1) is 16.9. The molecule has 0 bridgehead atoms. The van der Waals surface area contributed by atoms with Crippen molar-refractivity contribution in [1.29, 1.82) is 0 Å². The molecular weight excluding hydrogens is 284 g/mol. The molecule has 2 atom stereocenters. The fraction of sp³-hybridized carbons (Fsp3) is 0.500. The lowest BCUT2D eigenvalue weighted by molar-refractivity contribution is -0.121. The van der Waals surface area contributed by atoms with Gasteiger partial charge in [0.05, 0.1) is 6.61 Å². The molecule has 112 valence electrons. The number of aliphatic hydroxyl groups is 1. The molecular formula is C14H19F2NO2S. The monoisotopic (exact) mass is 303 g/mol. The molecule has 0 aromatic heterocycles. The lowest BCUT2D eigenvalue weighted by atomic mass is 10.1. The highest BCUT2D eigenvalue weighted by Gasteiger charge is 2.17. The van der Waals surface area contributed by atoms with E-state index in [4.69, 9.17) is 5.11 Å². The fourth-order valence-corrected chi connectivity index (χ4v) is 2.43. The van der Waals surface area contributed by atoms with Gasteiger partial charge in [-0.05, 0) is 37.3 Å². The second-order valence-electron chi connectivity index (χ2n) is 4.56. The van der Waals surface area contributed by atoms with Gasteiger partial charge >= 0.3 is 0 Å². The van der Waals surface area contributed by atoms with Crippen molar-refractivity contribution in [2.24, 2.45) is 0 Å². The van der Waals surface area contributed by atoms with Crippen LogP contribution in [0.25, 0.3) is 0 Å². The molecule has 0 radical (unpaired) electrons. The summed E-state index contributed by atoms with van der Waals surface area (Å²) in [5.74, 6) is -1.97. The minimum Gasteiger partial charge on any atom is -0.395 e. The Morgan fingerprint density at radius 2 is 2.10 bits per heavy atom. The minimum atomic E-state index is -0.904. The highest BCUT2D eigenvalue weighted by Crippen LogP contribution is 2.12. The number of hydrogen-bond acceptors (Lipinski definition) is 3. The largest absolute Gasteiger partial charge is 0.395 e. The summed E-state index contributed by atoms with van der Waals surface area (Å²) in [7, 11) is 0. The number of aryl methyl sites for hydroxylation is 1. The molecule has 2 N–H and O–H groups in total. The van der Waals surface area contributed by atoms with Crippen LogP contribution in [0.3, 0.4) is 0 Å². The molecule has 0 spiro atoms. The van der Waals surface area contributed by atoms with Crippen LogP contribution in [-0.2, 0) is 11.2 Å². The number of amides is 1. The van der Waals surface area contributed by atoms with Gasteiger partial charge < -0.3 is 10.4 Å². The lowest BCUT2D eigenvalue weighted by Crippen LogP contribution is -2.41. The van der Waals surface area contributed by atoms with E-state index in [1.54, 1.807) is 0 Å². The van der Waals surface area contributed by atoms with Crippen LogP contribution in [0.5, 0.6) is 0 Å². The number of nitrogens with one attached hydrogen (secondary N) is 1. The maximum atomic E-state index is 13.0. The topological polar surface area (TPSA) is 49.3 Å². The smallest absolute Gasteiger partial charge is 0.220 e. The van der Waals surface area contributed by atoms with Gasteiger partial charge in [0.2, 0.25) is 5.91 Å². The third-order valence-corrected chi connectivity index (χ3v) is 4.22. The van der Waals surface area contributed by atoms with Crippen LogP contribution in [-0.4, -0.2) is 35.2 Å². The van der Waals surface area contributed by atoms with Crippen molar-refractivity contribution in [1.82, 2.24) is 5.32 Å². The summed E-state index contributed by atoms with van der Waals surface area (Å²) in [6.07, 6.45) is 2.41. The number of hydrogen-bond donors (Lipinski definition) is 2. The molecule has 0 aliphatic rings. The van der Waals surface area contributed by atoms with Crippen LogP contribution in [0.15, 0.2) is 18.2 Å². The highest BCUT2D eigenvalue weighted by molar-refractivity contribution is 7.99. The number of halogens is 2. The van der Waals surface area contributed by atoms with Crippen molar-refractivity contribution in [3.8, 4) is 0 Å². The zero-order valence-corrected chi connectivity index (χ0v) is 12.3. The van der Waals surface area contributed by atoms with Gasteiger partial charge in [-0.2, -0.15) is 11.8 Å². The van der Waals surface area contributed by atoms with Crippen molar-refractivity contribution < 1.29 is 18.7 Å². The van der Waals surface area contributed by atoms with Crippen molar-refractivity contribution >= 4 is 17.7 Å². The molecule has 0 saturated carbocycles. The standard InChI is InChI=1S/C14H19F2NO2S/c1-9(13(8-18)20-2)17-14(19)6-4-10-3-5-11(15)12(16)7-10/h3,5,7,9,13,18H,4,6,8H2,1-2H3,(H,17,19). The SMILES string of the molecule is CSC(CO)C(C)NC(=O)CCc1ccc(F)c(F)c1. The molecule has 3 nitrogen and oxygen atoms in total. The van der Waals surface area contributed by atoms with Gasteiger partial charge in [-0.1, -0.05) is 6.07 Å². The van der Waals surface area contributed by atoms with Crippen LogP contribution in [0.2, 0.25) is 0 Å². The molecule has 0 saturated heterocycles. The van der Waals surface area contributed by atoms with Gasteiger partial charge in [0.15, 0.2) is 11.6 Å². The quantitative estimate of drug-likeness (QED) is 0.811. The first-order valence-electron chi connectivity index (χ1n) is 6.35. The van der Waals surface area contributed by atoms with Crippen LogP contribution in [0, 0.1) is 11.6 Å². The van der Waals surface area contributed by atoms with E-state index in [0.29, 0.717) is 12.0 Å². The Kier molecular flexibility index (Phi) is 6.95. The number of thioether (sulfide) groups is 1. The van der Waals surface area contributed by atoms with Gasteiger partial charge in [0, 0.05) is 17.7 Å². The summed E-state index contributed by atoms with van der Waals surface area (Å²) >= 11 is 1.48. The molecule has 2 unspecified atom stereocenters. The van der Waals surface area contributed by atoms with E-state index < -0.39 is 11.6 Å². The van der Waals surface area contributed by atoms with E-state index in [0.717, 1.165) is 12.1 Å². The molecule has 1 aromatic carbocycles. The number of benzene rings is 1. The Hall–Kier alpha value is -1.14. The van der Waals surface area contributed by atoms with Crippen molar-refractivity contribution in [2.45, 2.75) is 31.1 Å². The van der Waals surface area contributed by atoms with E-state index in [1.807, 2.05) is 13.2 Å². The molecule has 1 amide bonds. The molecule has 0 heterocycles. The number of carbonyl (C=O) groups is 1. The van der Waals surface area contributed by atoms with E-state index in [1.165, 1.54) is 17.8 Å². The molecule has 1 aromatic rings. The third kappa shape index (κ3) is 5.09. The Morgan fingerprint density at radius 1 is 1.40 bits per heavy atom. The lowest BCUT2D eigenvalue weighted by Gasteiger charge is -2.21. The van der Waals surface area contributed by atoms with Gasteiger partial charge in [-0.15, -0.1) is 0 Å². The zero-order valence-electron chi connectivity index (χ0n) is 11.5. The van der Waals surface area contributed by atoms with Crippen LogP contribution in [0.4, 0.5) is 8.78 Å². The maximum absolute atomic E-state index is 13.0. The normalized spacial score (nSPS) is 13.8. The predicted molar refractivity (Wildman–Crippen MR) is 76.7 cm³/mol. The molecule has 6 heteroatoms. The Balaban J connectivity index is 2.45. The van der Waals surface area contributed by atoms with E-state index in [9.17, 15) is 13.6 Å². The molecule has 1 rings (SSSR count). The Morgan fingerprint density at radius 3 is 2.65 bits per heavy atom. The summed E-state index contributed by atoms with van der Waals surface area (Å²) < 4.78 is 25.8. The van der Waals surface area contributed by atoms with Gasteiger partial charge in [-0.25, -0.2) is 8.78 Å². The summed E-state index contributed by atoms with van der Waals surface area (Å²) in [5, 5.41) is 11.9. The third-order valence-electron chi connectivity index (χ3n) is 3.05. The zero-order chi connectivity index (χ0) is 15.1. The van der Waals surface area contributed by atoms with Crippen LogP contribution < -0.4 is 5.32 Å². The van der Waals surface area contributed by atoms with E-state index in [-0.39, 0.29) is 30.2 Å². The van der Waals surface area contributed by atoms with Crippen molar-refractivity contribution in [2.75, 3.05) is 12.9 Å². The highest BCUT2D eigenvalue weighted by atomic mass is 32.2.